The summed E-state index contributed by atoms with van der Waals surface area (Å²) in [6, 6.07) is 0. The van der Waals surface area contributed by atoms with Crippen LogP contribution in [0, 0.1) is 52.3 Å². The number of fused-ring (bicyclic) bond motifs is 5. The summed E-state index contributed by atoms with van der Waals surface area (Å²) in [6.45, 7) is 17.3. The average Bonchev–Trinajstić information content (AvgIpc) is 3.24. The zero-order valence-corrected chi connectivity index (χ0v) is 26.3. The zero-order chi connectivity index (χ0) is 27.5. The molecule has 0 bridgehead atoms. The molecule has 9 atom stereocenters. The Morgan fingerprint density at radius 3 is 2.47 bits per heavy atom. The van der Waals surface area contributed by atoms with E-state index in [1.807, 2.05) is 0 Å². The van der Waals surface area contributed by atoms with E-state index in [0.717, 1.165) is 67.1 Å². The molecule has 0 N–H and O–H groups in total. The van der Waals surface area contributed by atoms with Crippen LogP contribution in [0.2, 0.25) is 0 Å². The Labute approximate surface area is 236 Å². The topological polar surface area (TPSA) is 26.3 Å². The lowest BCUT2D eigenvalue weighted by atomic mass is 9.47. The number of ether oxygens (including phenoxy) is 1. The van der Waals surface area contributed by atoms with Crippen molar-refractivity contribution >= 4 is 5.97 Å². The van der Waals surface area contributed by atoms with Crippen molar-refractivity contribution in [1.82, 2.24) is 0 Å². The Balaban J connectivity index is 1.37. The van der Waals surface area contributed by atoms with E-state index in [-0.39, 0.29) is 12.1 Å². The fraction of sp³-hybridized carbons (Fsp3) is 0.917. The van der Waals surface area contributed by atoms with Gasteiger partial charge in [-0.25, -0.2) is 0 Å². The fourth-order valence-corrected chi connectivity index (χ4v) is 10.3. The second kappa shape index (κ2) is 12.8. The lowest BCUT2D eigenvalue weighted by molar-refractivity contribution is -0.151. The fourth-order valence-electron chi connectivity index (χ4n) is 10.3. The SMILES string of the molecule is CCCCCCC(=O)OC1CC[C@@]2(C)C(=CC[C@H]3[C@@H]4CC[C@H]([C@H](C)CC[C@@H](CC)C(C)C)[C@@]4(C)CC[C@@H]32)C1. The molecule has 2 nitrogen and oxygen atoms in total. The normalized spacial score (nSPS) is 38.1. The smallest absolute Gasteiger partial charge is 0.306 e. The number of allylic oxidation sites excluding steroid dienone is 1. The van der Waals surface area contributed by atoms with Gasteiger partial charge in [0.25, 0.3) is 0 Å². The third kappa shape index (κ3) is 6.10. The molecule has 0 radical (unpaired) electrons. The summed E-state index contributed by atoms with van der Waals surface area (Å²) >= 11 is 0. The number of carbonyl (C=O) groups is 1. The maximum absolute atomic E-state index is 12.5. The van der Waals surface area contributed by atoms with Gasteiger partial charge in [-0.1, -0.05) is 92.2 Å². The minimum absolute atomic E-state index is 0.0437. The Bertz CT molecular complexity index is 812. The van der Waals surface area contributed by atoms with E-state index in [1.165, 1.54) is 70.6 Å². The molecule has 1 unspecified atom stereocenters. The molecular weight excluding hydrogens is 464 g/mol. The molecule has 4 aliphatic carbocycles. The van der Waals surface area contributed by atoms with E-state index >= 15 is 0 Å². The minimum atomic E-state index is 0.0437. The van der Waals surface area contributed by atoms with Crippen LogP contribution in [0.3, 0.4) is 0 Å². The third-order valence-electron chi connectivity index (χ3n) is 12.8. The summed E-state index contributed by atoms with van der Waals surface area (Å²) < 4.78 is 6.01. The molecule has 0 spiro atoms. The van der Waals surface area contributed by atoms with Crippen LogP contribution in [0.1, 0.15) is 151 Å². The van der Waals surface area contributed by atoms with Crippen LogP contribution >= 0.6 is 0 Å². The summed E-state index contributed by atoms with van der Waals surface area (Å²) in [5.41, 5.74) is 2.52. The molecule has 3 fully saturated rings. The van der Waals surface area contributed by atoms with Crippen molar-refractivity contribution in [2.45, 2.75) is 157 Å². The van der Waals surface area contributed by atoms with Crippen molar-refractivity contribution in [1.29, 1.82) is 0 Å². The lowest BCUT2D eigenvalue weighted by Crippen LogP contribution is -2.51. The van der Waals surface area contributed by atoms with Gasteiger partial charge in [0.05, 0.1) is 0 Å². The molecule has 0 aromatic rings. The van der Waals surface area contributed by atoms with Crippen LogP contribution in [-0.2, 0) is 9.53 Å². The van der Waals surface area contributed by atoms with Crippen molar-refractivity contribution in [3.8, 4) is 0 Å². The first kappa shape index (κ1) is 30.2. The van der Waals surface area contributed by atoms with Crippen molar-refractivity contribution < 1.29 is 9.53 Å². The van der Waals surface area contributed by atoms with Gasteiger partial charge in [0.1, 0.15) is 6.10 Å². The predicted molar refractivity (Wildman–Crippen MR) is 161 cm³/mol. The first-order valence-electron chi connectivity index (χ1n) is 17.0. The predicted octanol–water partition coefficient (Wildman–Crippen LogP) is 10.5. The first-order chi connectivity index (χ1) is 18.1. The lowest BCUT2D eigenvalue weighted by Gasteiger charge is -2.58. The number of rotatable bonds is 12. The Kier molecular flexibility index (Phi) is 10.2. The van der Waals surface area contributed by atoms with Crippen molar-refractivity contribution in [2.75, 3.05) is 0 Å². The molecule has 0 heterocycles. The largest absolute Gasteiger partial charge is 0.462 e. The van der Waals surface area contributed by atoms with Gasteiger partial charge in [-0.15, -0.1) is 0 Å². The number of esters is 1. The quantitative estimate of drug-likeness (QED) is 0.144. The average molecular weight is 527 g/mol. The molecule has 4 aliphatic rings. The maximum Gasteiger partial charge on any atom is 0.306 e. The van der Waals surface area contributed by atoms with Gasteiger partial charge in [0.15, 0.2) is 0 Å². The molecule has 0 amide bonds. The van der Waals surface area contributed by atoms with Crippen LogP contribution < -0.4 is 0 Å². The molecule has 3 saturated carbocycles. The van der Waals surface area contributed by atoms with Gasteiger partial charge in [0.2, 0.25) is 0 Å². The van der Waals surface area contributed by atoms with Gasteiger partial charge < -0.3 is 4.74 Å². The molecular formula is C36H62O2. The highest BCUT2D eigenvalue weighted by Crippen LogP contribution is 2.67. The Hall–Kier alpha value is -0.790. The van der Waals surface area contributed by atoms with Crippen LogP contribution in [0.5, 0.6) is 0 Å². The summed E-state index contributed by atoms with van der Waals surface area (Å²) in [5, 5.41) is 0. The molecule has 0 saturated heterocycles. The van der Waals surface area contributed by atoms with Crippen molar-refractivity contribution in [2.24, 2.45) is 52.3 Å². The summed E-state index contributed by atoms with van der Waals surface area (Å²) in [7, 11) is 0. The molecule has 218 valence electrons. The van der Waals surface area contributed by atoms with Crippen LogP contribution in [0.4, 0.5) is 0 Å². The number of hydrogen-bond acceptors (Lipinski definition) is 2. The monoisotopic (exact) mass is 526 g/mol. The van der Waals surface area contributed by atoms with Gasteiger partial charge in [-0.3, -0.25) is 4.79 Å². The summed E-state index contributed by atoms with van der Waals surface area (Å²) in [6.07, 6.45) is 22.5. The van der Waals surface area contributed by atoms with E-state index in [9.17, 15) is 4.79 Å². The van der Waals surface area contributed by atoms with E-state index in [4.69, 9.17) is 4.74 Å². The number of unbranched alkanes of at least 4 members (excludes halogenated alkanes) is 3. The molecule has 0 aliphatic heterocycles. The van der Waals surface area contributed by atoms with Crippen molar-refractivity contribution in [3.63, 3.8) is 0 Å². The van der Waals surface area contributed by atoms with Crippen molar-refractivity contribution in [3.05, 3.63) is 11.6 Å². The highest BCUT2D eigenvalue weighted by Gasteiger charge is 2.59. The summed E-state index contributed by atoms with van der Waals surface area (Å²) in [5.74, 6) is 6.17. The summed E-state index contributed by atoms with van der Waals surface area (Å²) in [4.78, 5) is 12.5. The Morgan fingerprint density at radius 2 is 1.76 bits per heavy atom. The van der Waals surface area contributed by atoms with Crippen LogP contribution in [0.25, 0.3) is 0 Å². The van der Waals surface area contributed by atoms with Gasteiger partial charge >= 0.3 is 5.97 Å². The van der Waals surface area contributed by atoms with E-state index in [1.54, 1.807) is 5.57 Å². The second-order valence-corrected chi connectivity index (χ2v) is 15.1. The van der Waals surface area contributed by atoms with E-state index in [2.05, 4.69) is 54.5 Å². The van der Waals surface area contributed by atoms with Crippen LogP contribution in [-0.4, -0.2) is 12.1 Å². The minimum Gasteiger partial charge on any atom is -0.462 e. The first-order valence-corrected chi connectivity index (χ1v) is 17.0. The van der Waals surface area contributed by atoms with Crippen LogP contribution in [0.15, 0.2) is 11.6 Å². The third-order valence-corrected chi connectivity index (χ3v) is 12.8. The zero-order valence-electron chi connectivity index (χ0n) is 26.3. The van der Waals surface area contributed by atoms with Gasteiger partial charge in [-0.05, 0) is 110 Å². The number of hydrogen-bond donors (Lipinski definition) is 0. The Morgan fingerprint density at radius 1 is 0.974 bits per heavy atom. The number of carbonyl (C=O) groups excluding carboxylic acids is 1. The highest BCUT2D eigenvalue weighted by molar-refractivity contribution is 5.69. The molecule has 0 aromatic carbocycles. The standard InChI is InChI=1S/C36H62O2/c1-8-10-11-12-13-34(37)38-29-20-22-35(6)28(24-29)16-17-30-32-19-18-31(36(32,7)23-21-33(30)35)26(5)14-15-27(9-2)25(3)4/h16,25-27,29-33H,8-15,17-24H2,1-7H3/t26-,27-,29?,30+,31-,32+,33+,35+,36-/m1/s1. The van der Waals surface area contributed by atoms with E-state index < -0.39 is 0 Å². The highest BCUT2D eigenvalue weighted by atomic mass is 16.5. The van der Waals surface area contributed by atoms with E-state index in [0.29, 0.717) is 17.3 Å². The molecule has 38 heavy (non-hydrogen) atoms. The maximum atomic E-state index is 12.5. The van der Waals surface area contributed by atoms with Gasteiger partial charge in [-0.2, -0.15) is 0 Å². The molecule has 4 rings (SSSR count). The molecule has 2 heteroatoms. The second-order valence-electron chi connectivity index (χ2n) is 15.1. The molecule has 0 aromatic heterocycles. The van der Waals surface area contributed by atoms with Gasteiger partial charge in [0, 0.05) is 12.8 Å².